The Morgan fingerprint density at radius 1 is 1.23 bits per heavy atom. The molecule has 1 aliphatic rings. The van der Waals surface area contributed by atoms with Crippen LogP contribution in [0.1, 0.15) is 37.6 Å². The van der Waals surface area contributed by atoms with E-state index < -0.39 is 16.9 Å². The minimum Gasteiger partial charge on any atom is -0.347 e. The van der Waals surface area contributed by atoms with Crippen LogP contribution in [0, 0.1) is 16.0 Å². The first-order chi connectivity index (χ1) is 10.2. The first-order valence-corrected chi connectivity index (χ1v) is 7.04. The van der Waals surface area contributed by atoms with Crippen LogP contribution in [0.5, 0.6) is 0 Å². The number of amides is 2. The van der Waals surface area contributed by atoms with Crippen LogP contribution >= 0.6 is 0 Å². The Labute approximate surface area is 128 Å². The summed E-state index contributed by atoms with van der Waals surface area (Å²) in [4.78, 5) is 33.9. The minimum atomic E-state index is -0.767. The molecule has 1 aliphatic carbocycles. The Morgan fingerprint density at radius 2 is 1.82 bits per heavy atom. The molecule has 2 rings (SSSR count). The van der Waals surface area contributed by atoms with E-state index in [0.717, 1.165) is 0 Å². The lowest BCUT2D eigenvalue weighted by atomic mass is 10.1. The van der Waals surface area contributed by atoms with Crippen LogP contribution in [-0.2, 0) is 4.79 Å². The topological polar surface area (TPSA) is 101 Å². The van der Waals surface area contributed by atoms with Gasteiger partial charge in [-0.25, -0.2) is 0 Å². The predicted molar refractivity (Wildman–Crippen MR) is 81.2 cm³/mol. The zero-order valence-corrected chi connectivity index (χ0v) is 12.8. The van der Waals surface area contributed by atoms with Crippen LogP contribution in [-0.4, -0.2) is 28.3 Å². The van der Waals surface area contributed by atoms with Crippen LogP contribution in [0.2, 0.25) is 0 Å². The molecule has 0 saturated heterocycles. The molecule has 0 spiro atoms. The lowest BCUT2D eigenvalue weighted by Crippen LogP contribution is -2.40. The summed E-state index contributed by atoms with van der Waals surface area (Å²) in [7, 11) is 0. The van der Waals surface area contributed by atoms with Gasteiger partial charge in [-0.2, -0.15) is 0 Å². The largest absolute Gasteiger partial charge is 0.347 e. The van der Waals surface area contributed by atoms with Crippen molar-refractivity contribution in [3.05, 3.63) is 39.9 Å². The molecule has 1 saturated carbocycles. The molecule has 2 unspecified atom stereocenters. The molecule has 0 aliphatic heterocycles. The fourth-order valence-electron chi connectivity index (χ4n) is 2.05. The highest BCUT2D eigenvalue weighted by atomic mass is 16.6. The summed E-state index contributed by atoms with van der Waals surface area (Å²) in [6.07, 6.45) is 0.283. The van der Waals surface area contributed by atoms with Gasteiger partial charge < -0.3 is 10.6 Å². The van der Waals surface area contributed by atoms with Crippen molar-refractivity contribution in [1.82, 2.24) is 5.32 Å². The highest BCUT2D eigenvalue weighted by Gasteiger charge is 2.53. The second-order valence-electron chi connectivity index (χ2n) is 6.47. The Hall–Kier alpha value is -2.44. The van der Waals surface area contributed by atoms with Gasteiger partial charge in [0.05, 0.1) is 0 Å². The van der Waals surface area contributed by atoms with E-state index in [0.29, 0.717) is 11.3 Å². The van der Waals surface area contributed by atoms with Crippen LogP contribution < -0.4 is 10.6 Å². The maximum Gasteiger partial charge on any atom is 0.251 e. The van der Waals surface area contributed by atoms with Crippen molar-refractivity contribution in [3.63, 3.8) is 0 Å². The van der Waals surface area contributed by atoms with E-state index in [1.165, 1.54) is 0 Å². The number of nitro groups is 1. The minimum absolute atomic E-state index is 0.194. The van der Waals surface area contributed by atoms with Gasteiger partial charge in [0.2, 0.25) is 11.9 Å². The number of rotatable bonds is 4. The highest BCUT2D eigenvalue weighted by Crippen LogP contribution is 2.34. The molecule has 7 heteroatoms. The first-order valence-electron chi connectivity index (χ1n) is 7.04. The Bertz CT molecular complexity index is 604. The van der Waals surface area contributed by atoms with Gasteiger partial charge in [0, 0.05) is 28.1 Å². The van der Waals surface area contributed by atoms with Gasteiger partial charge in [0.1, 0.15) is 5.92 Å². The van der Waals surface area contributed by atoms with Gasteiger partial charge in [-0.3, -0.25) is 19.7 Å². The molecule has 22 heavy (non-hydrogen) atoms. The molecule has 1 aromatic carbocycles. The molecule has 1 fully saturated rings. The molecule has 0 aromatic heterocycles. The molecular formula is C15H19N3O4. The summed E-state index contributed by atoms with van der Waals surface area (Å²) >= 11 is 0. The molecule has 0 bridgehead atoms. The van der Waals surface area contributed by atoms with E-state index in [2.05, 4.69) is 10.6 Å². The first kappa shape index (κ1) is 15.9. The highest BCUT2D eigenvalue weighted by molar-refractivity contribution is 5.97. The summed E-state index contributed by atoms with van der Waals surface area (Å²) in [6.45, 7) is 5.67. The van der Waals surface area contributed by atoms with Gasteiger partial charge in [-0.1, -0.05) is 0 Å². The molecule has 7 nitrogen and oxygen atoms in total. The molecule has 0 heterocycles. The number of hydrogen-bond acceptors (Lipinski definition) is 4. The number of nitrogens with one attached hydrogen (secondary N) is 2. The standard InChI is InChI=1S/C15H19N3O4/c1-15(2,3)17-13(19)9-4-6-10(7-5-9)16-14(20)11-8-12(11)18(21)22/h4-7,11-12H,8H2,1-3H3,(H,16,20)(H,17,19). The number of benzene rings is 1. The summed E-state index contributed by atoms with van der Waals surface area (Å²) in [5, 5.41) is 16.0. The Kier molecular flexibility index (Phi) is 4.16. The van der Waals surface area contributed by atoms with Crippen molar-refractivity contribution < 1.29 is 14.5 Å². The molecule has 0 radical (unpaired) electrons. The van der Waals surface area contributed by atoms with Crippen molar-refractivity contribution in [3.8, 4) is 0 Å². The molecule has 2 atom stereocenters. The van der Waals surface area contributed by atoms with Crippen LogP contribution in [0.15, 0.2) is 24.3 Å². The van der Waals surface area contributed by atoms with Gasteiger partial charge in [0.15, 0.2) is 0 Å². The zero-order chi connectivity index (χ0) is 16.5. The summed E-state index contributed by atoms with van der Waals surface area (Å²) in [5.41, 5.74) is 0.682. The van der Waals surface area contributed by atoms with Crippen LogP contribution in [0.4, 0.5) is 5.69 Å². The maximum atomic E-state index is 12.0. The quantitative estimate of drug-likeness (QED) is 0.654. The third-order valence-corrected chi connectivity index (χ3v) is 3.27. The molecule has 1 aromatic rings. The van der Waals surface area contributed by atoms with Crippen LogP contribution in [0.3, 0.4) is 0 Å². The van der Waals surface area contributed by atoms with E-state index in [1.54, 1.807) is 24.3 Å². The molecule has 2 amide bonds. The number of carbonyl (C=O) groups is 2. The van der Waals surface area contributed by atoms with Crippen molar-refractivity contribution >= 4 is 17.5 Å². The fourth-order valence-corrected chi connectivity index (χ4v) is 2.05. The SMILES string of the molecule is CC(C)(C)NC(=O)c1ccc(NC(=O)C2CC2[N+](=O)[O-])cc1. The number of hydrogen-bond donors (Lipinski definition) is 2. The monoisotopic (exact) mass is 305 g/mol. The summed E-state index contributed by atoms with van der Waals surface area (Å²) in [5.74, 6) is -1.10. The van der Waals surface area contributed by atoms with Gasteiger partial charge in [-0.15, -0.1) is 0 Å². The predicted octanol–water partition coefficient (Wildman–Crippen LogP) is 1.82. The molecule has 118 valence electrons. The van der Waals surface area contributed by atoms with Gasteiger partial charge in [0.25, 0.3) is 5.91 Å². The van der Waals surface area contributed by atoms with E-state index in [1.807, 2.05) is 20.8 Å². The third-order valence-electron chi connectivity index (χ3n) is 3.27. The van der Waals surface area contributed by atoms with Crippen molar-refractivity contribution in [2.75, 3.05) is 5.32 Å². The normalized spacial score (nSPS) is 20.1. The van der Waals surface area contributed by atoms with Gasteiger partial charge in [-0.05, 0) is 45.0 Å². The lowest BCUT2D eigenvalue weighted by Gasteiger charge is -2.20. The van der Waals surface area contributed by atoms with E-state index in [9.17, 15) is 19.7 Å². The maximum absolute atomic E-state index is 12.0. The zero-order valence-electron chi connectivity index (χ0n) is 12.8. The Balaban J connectivity index is 1.94. The lowest BCUT2D eigenvalue weighted by molar-refractivity contribution is -0.497. The number of carbonyl (C=O) groups excluding carboxylic acids is 2. The van der Waals surface area contributed by atoms with E-state index in [4.69, 9.17) is 0 Å². The molecule has 2 N–H and O–H groups in total. The van der Waals surface area contributed by atoms with Crippen molar-refractivity contribution in [1.29, 1.82) is 0 Å². The number of nitrogens with zero attached hydrogens (tertiary/aromatic N) is 1. The molecular weight excluding hydrogens is 286 g/mol. The fraction of sp³-hybridized carbons (Fsp3) is 0.467. The van der Waals surface area contributed by atoms with E-state index >= 15 is 0 Å². The Morgan fingerprint density at radius 3 is 2.27 bits per heavy atom. The smallest absolute Gasteiger partial charge is 0.251 e. The van der Waals surface area contributed by atoms with Crippen LogP contribution in [0.25, 0.3) is 0 Å². The van der Waals surface area contributed by atoms with Crippen molar-refractivity contribution in [2.45, 2.75) is 38.8 Å². The van der Waals surface area contributed by atoms with Crippen molar-refractivity contribution in [2.24, 2.45) is 5.92 Å². The second-order valence-corrected chi connectivity index (χ2v) is 6.47. The third kappa shape index (κ3) is 4.03. The summed E-state index contributed by atoms with van der Waals surface area (Å²) in [6, 6.07) is 5.66. The average Bonchev–Trinajstić information content (AvgIpc) is 3.17. The summed E-state index contributed by atoms with van der Waals surface area (Å²) < 4.78 is 0. The van der Waals surface area contributed by atoms with Gasteiger partial charge >= 0.3 is 0 Å². The average molecular weight is 305 g/mol. The second kappa shape index (κ2) is 5.75. The van der Waals surface area contributed by atoms with E-state index in [-0.39, 0.29) is 23.8 Å². The number of anilines is 1.